The van der Waals surface area contributed by atoms with Crippen LogP contribution in [0, 0.1) is 0 Å². The van der Waals surface area contributed by atoms with Crippen LogP contribution in [0.4, 0.5) is 0 Å². The standard InChI is InChI=1S/C14H17N3O3/c18-9-14(3-5-20-6-4-14)16-13(19)10-1-2-12-11(7-10)8-15-17-12/h1-2,7-8,18H,3-6,9H2,(H,15,17)(H,16,19). The largest absolute Gasteiger partial charge is 0.394 e. The van der Waals surface area contributed by atoms with Crippen LogP contribution in [0.15, 0.2) is 24.4 Å². The highest BCUT2D eigenvalue weighted by atomic mass is 16.5. The number of nitrogens with one attached hydrogen (secondary N) is 2. The number of aliphatic hydroxyl groups is 1. The predicted octanol–water partition coefficient (Wildman–Crippen LogP) is 0.834. The zero-order valence-corrected chi connectivity index (χ0v) is 11.1. The first-order valence-electron chi connectivity index (χ1n) is 6.67. The first kappa shape index (κ1) is 13.1. The lowest BCUT2D eigenvalue weighted by molar-refractivity contribution is 0.0125. The van der Waals surface area contributed by atoms with E-state index < -0.39 is 5.54 Å². The number of H-pyrrole nitrogens is 1. The fourth-order valence-electron chi connectivity index (χ4n) is 2.48. The van der Waals surface area contributed by atoms with Gasteiger partial charge in [0.15, 0.2) is 0 Å². The summed E-state index contributed by atoms with van der Waals surface area (Å²) < 4.78 is 5.29. The van der Waals surface area contributed by atoms with Crippen LogP contribution >= 0.6 is 0 Å². The van der Waals surface area contributed by atoms with Gasteiger partial charge in [-0.3, -0.25) is 9.89 Å². The average Bonchev–Trinajstić information content (AvgIpc) is 2.95. The van der Waals surface area contributed by atoms with E-state index in [4.69, 9.17) is 4.74 Å². The molecule has 3 N–H and O–H groups in total. The van der Waals surface area contributed by atoms with Gasteiger partial charge in [-0.15, -0.1) is 0 Å². The van der Waals surface area contributed by atoms with Gasteiger partial charge in [0.25, 0.3) is 5.91 Å². The van der Waals surface area contributed by atoms with Crippen molar-refractivity contribution in [3.63, 3.8) is 0 Å². The number of hydrogen-bond acceptors (Lipinski definition) is 4. The van der Waals surface area contributed by atoms with Crippen molar-refractivity contribution in [1.29, 1.82) is 0 Å². The molecule has 3 rings (SSSR count). The molecule has 1 saturated heterocycles. The van der Waals surface area contributed by atoms with E-state index in [0.717, 1.165) is 10.9 Å². The Balaban J connectivity index is 1.80. The number of carbonyl (C=O) groups excluding carboxylic acids is 1. The maximum absolute atomic E-state index is 12.3. The maximum Gasteiger partial charge on any atom is 0.251 e. The predicted molar refractivity (Wildman–Crippen MR) is 73.4 cm³/mol. The van der Waals surface area contributed by atoms with Crippen LogP contribution in [0.3, 0.4) is 0 Å². The van der Waals surface area contributed by atoms with E-state index in [1.54, 1.807) is 18.3 Å². The van der Waals surface area contributed by atoms with E-state index in [0.29, 0.717) is 31.6 Å². The number of aromatic nitrogens is 2. The van der Waals surface area contributed by atoms with Crippen LogP contribution in [0.1, 0.15) is 23.2 Å². The molecule has 2 aromatic rings. The Labute approximate surface area is 116 Å². The number of hydrogen-bond donors (Lipinski definition) is 3. The number of benzene rings is 1. The SMILES string of the molecule is O=C(NC1(CO)CCOCC1)c1ccc2[nH]ncc2c1. The summed E-state index contributed by atoms with van der Waals surface area (Å²) in [6.07, 6.45) is 2.94. The molecule has 2 heterocycles. The lowest BCUT2D eigenvalue weighted by Crippen LogP contribution is -2.54. The summed E-state index contributed by atoms with van der Waals surface area (Å²) in [5, 5.41) is 20.2. The summed E-state index contributed by atoms with van der Waals surface area (Å²) in [7, 11) is 0. The smallest absolute Gasteiger partial charge is 0.251 e. The number of fused-ring (bicyclic) bond motifs is 1. The molecule has 0 bridgehead atoms. The highest BCUT2D eigenvalue weighted by Crippen LogP contribution is 2.21. The number of ether oxygens (including phenoxy) is 1. The summed E-state index contributed by atoms with van der Waals surface area (Å²) >= 11 is 0. The Kier molecular flexibility index (Phi) is 3.42. The van der Waals surface area contributed by atoms with Crippen molar-refractivity contribution in [1.82, 2.24) is 15.5 Å². The fraction of sp³-hybridized carbons (Fsp3) is 0.429. The van der Waals surface area contributed by atoms with Gasteiger partial charge in [-0.05, 0) is 31.0 Å². The van der Waals surface area contributed by atoms with Gasteiger partial charge in [0.1, 0.15) is 0 Å². The third-order valence-electron chi connectivity index (χ3n) is 3.83. The Hall–Kier alpha value is -1.92. The van der Waals surface area contributed by atoms with Gasteiger partial charge in [0.05, 0.1) is 23.9 Å². The Morgan fingerprint density at radius 3 is 3.00 bits per heavy atom. The molecular weight excluding hydrogens is 258 g/mol. The normalized spacial score (nSPS) is 18.1. The number of nitrogens with zero attached hydrogens (tertiary/aromatic N) is 1. The van der Waals surface area contributed by atoms with Crippen LogP contribution in [-0.4, -0.2) is 46.6 Å². The summed E-state index contributed by atoms with van der Waals surface area (Å²) in [6, 6.07) is 5.37. The molecule has 1 aromatic heterocycles. The van der Waals surface area contributed by atoms with Crippen LogP contribution < -0.4 is 5.32 Å². The van der Waals surface area contributed by atoms with Gasteiger partial charge in [-0.2, -0.15) is 5.10 Å². The Bertz CT molecular complexity index is 617. The molecule has 0 radical (unpaired) electrons. The van der Waals surface area contributed by atoms with Gasteiger partial charge in [0.2, 0.25) is 0 Å². The molecule has 1 aliphatic heterocycles. The second-order valence-corrected chi connectivity index (χ2v) is 5.18. The van der Waals surface area contributed by atoms with E-state index in [-0.39, 0.29) is 12.5 Å². The van der Waals surface area contributed by atoms with Crippen molar-refractivity contribution in [3.8, 4) is 0 Å². The van der Waals surface area contributed by atoms with Crippen molar-refractivity contribution in [2.24, 2.45) is 0 Å². The van der Waals surface area contributed by atoms with Gasteiger partial charge in [-0.25, -0.2) is 0 Å². The number of carbonyl (C=O) groups is 1. The molecule has 1 amide bonds. The molecule has 1 aliphatic rings. The number of aliphatic hydroxyl groups excluding tert-OH is 1. The minimum atomic E-state index is -0.569. The maximum atomic E-state index is 12.3. The highest BCUT2D eigenvalue weighted by molar-refractivity contribution is 5.98. The van der Waals surface area contributed by atoms with Gasteiger partial charge in [0, 0.05) is 24.2 Å². The summed E-state index contributed by atoms with van der Waals surface area (Å²) in [5.41, 5.74) is 0.892. The van der Waals surface area contributed by atoms with Crippen LogP contribution in [0.25, 0.3) is 10.9 Å². The van der Waals surface area contributed by atoms with Crippen molar-refractivity contribution >= 4 is 16.8 Å². The topological polar surface area (TPSA) is 87.2 Å². The van der Waals surface area contributed by atoms with Gasteiger partial charge in [-0.1, -0.05) is 0 Å². The zero-order valence-electron chi connectivity index (χ0n) is 11.1. The summed E-state index contributed by atoms with van der Waals surface area (Å²) in [5.74, 6) is -0.177. The average molecular weight is 275 g/mol. The molecule has 0 aliphatic carbocycles. The molecule has 1 fully saturated rings. The van der Waals surface area contributed by atoms with Crippen molar-refractivity contribution in [2.45, 2.75) is 18.4 Å². The molecule has 20 heavy (non-hydrogen) atoms. The van der Waals surface area contributed by atoms with Crippen molar-refractivity contribution in [3.05, 3.63) is 30.0 Å². The number of amides is 1. The second-order valence-electron chi connectivity index (χ2n) is 5.18. The first-order chi connectivity index (χ1) is 9.72. The van der Waals surface area contributed by atoms with Gasteiger partial charge >= 0.3 is 0 Å². The van der Waals surface area contributed by atoms with Crippen molar-refractivity contribution in [2.75, 3.05) is 19.8 Å². The lowest BCUT2D eigenvalue weighted by atomic mass is 9.90. The molecule has 106 valence electrons. The lowest BCUT2D eigenvalue weighted by Gasteiger charge is -2.36. The molecule has 0 atom stereocenters. The summed E-state index contributed by atoms with van der Waals surface area (Å²) in [4.78, 5) is 12.3. The molecular formula is C14H17N3O3. The molecule has 6 heteroatoms. The number of aromatic amines is 1. The van der Waals surface area contributed by atoms with Crippen molar-refractivity contribution < 1.29 is 14.6 Å². The second kappa shape index (κ2) is 5.22. The number of rotatable bonds is 3. The van der Waals surface area contributed by atoms with Crippen LogP contribution in [-0.2, 0) is 4.74 Å². The fourth-order valence-corrected chi connectivity index (χ4v) is 2.48. The van der Waals surface area contributed by atoms with E-state index in [1.807, 2.05) is 6.07 Å². The molecule has 0 spiro atoms. The zero-order chi connectivity index (χ0) is 14.0. The van der Waals surface area contributed by atoms with E-state index >= 15 is 0 Å². The molecule has 0 saturated carbocycles. The van der Waals surface area contributed by atoms with E-state index in [2.05, 4.69) is 15.5 Å². The van der Waals surface area contributed by atoms with E-state index in [1.165, 1.54) is 0 Å². The Morgan fingerprint density at radius 2 is 2.25 bits per heavy atom. The quantitative estimate of drug-likeness (QED) is 0.774. The molecule has 0 unspecified atom stereocenters. The molecule has 1 aromatic carbocycles. The third kappa shape index (κ3) is 2.39. The van der Waals surface area contributed by atoms with Gasteiger partial charge < -0.3 is 15.2 Å². The summed E-state index contributed by atoms with van der Waals surface area (Å²) in [6.45, 7) is 1.04. The third-order valence-corrected chi connectivity index (χ3v) is 3.83. The van der Waals surface area contributed by atoms with Crippen LogP contribution in [0.2, 0.25) is 0 Å². The highest BCUT2D eigenvalue weighted by Gasteiger charge is 2.33. The van der Waals surface area contributed by atoms with E-state index in [9.17, 15) is 9.90 Å². The Morgan fingerprint density at radius 1 is 1.45 bits per heavy atom. The monoisotopic (exact) mass is 275 g/mol. The molecule has 6 nitrogen and oxygen atoms in total. The minimum Gasteiger partial charge on any atom is -0.394 e. The first-order valence-corrected chi connectivity index (χ1v) is 6.67. The van der Waals surface area contributed by atoms with Crippen LogP contribution in [0.5, 0.6) is 0 Å². The minimum absolute atomic E-state index is 0.0734.